The van der Waals surface area contributed by atoms with E-state index in [4.69, 9.17) is 0 Å². The largest absolute Gasteiger partial charge is 0.0654 e. The van der Waals surface area contributed by atoms with Crippen LogP contribution in [0.5, 0.6) is 0 Å². The van der Waals surface area contributed by atoms with Gasteiger partial charge in [-0.05, 0) is 30.6 Å². The van der Waals surface area contributed by atoms with Gasteiger partial charge in [0.2, 0.25) is 0 Å². The van der Waals surface area contributed by atoms with E-state index in [0.29, 0.717) is 0 Å². The van der Waals surface area contributed by atoms with Gasteiger partial charge in [-0.1, -0.05) is 65.7 Å². The summed E-state index contributed by atoms with van der Waals surface area (Å²) in [4.78, 5) is 0. The van der Waals surface area contributed by atoms with E-state index in [1.54, 1.807) is 0 Å². The molecule has 15 heavy (non-hydrogen) atoms. The van der Waals surface area contributed by atoms with Gasteiger partial charge in [-0.15, -0.1) is 0 Å². The third-order valence-corrected chi connectivity index (χ3v) is 4.32. The van der Waals surface area contributed by atoms with Crippen molar-refractivity contribution in [3.63, 3.8) is 0 Å². The van der Waals surface area contributed by atoms with Crippen molar-refractivity contribution in [2.24, 2.45) is 17.8 Å². The van der Waals surface area contributed by atoms with Gasteiger partial charge in [0.25, 0.3) is 0 Å². The van der Waals surface area contributed by atoms with Crippen LogP contribution >= 0.6 is 0 Å². The highest BCUT2D eigenvalue weighted by atomic mass is 14.3. The van der Waals surface area contributed by atoms with Gasteiger partial charge in [-0.2, -0.15) is 0 Å². The standard InChI is InChI=1S/C15H30/c1-4-6-8-14(7-5-2)15-11-9-13(3)10-12-15/h13-15H,4-12H2,1-3H3. The molecule has 1 fully saturated rings. The first-order chi connectivity index (χ1) is 7.27. The van der Waals surface area contributed by atoms with Crippen molar-refractivity contribution < 1.29 is 0 Å². The van der Waals surface area contributed by atoms with Crippen LogP contribution in [-0.2, 0) is 0 Å². The fourth-order valence-corrected chi connectivity index (χ4v) is 3.21. The molecule has 1 rings (SSSR count). The van der Waals surface area contributed by atoms with Crippen molar-refractivity contribution >= 4 is 0 Å². The number of unbranched alkanes of at least 4 members (excludes halogenated alkanes) is 1. The maximum absolute atomic E-state index is 2.43. The zero-order valence-corrected chi connectivity index (χ0v) is 11.1. The molecule has 1 unspecified atom stereocenters. The molecule has 0 bridgehead atoms. The molecule has 0 saturated heterocycles. The van der Waals surface area contributed by atoms with Crippen LogP contribution in [0, 0.1) is 17.8 Å². The van der Waals surface area contributed by atoms with E-state index < -0.39 is 0 Å². The molecule has 0 nitrogen and oxygen atoms in total. The molecule has 0 spiro atoms. The molecule has 0 aromatic carbocycles. The molecule has 1 aliphatic rings. The van der Waals surface area contributed by atoms with Gasteiger partial charge in [-0.25, -0.2) is 0 Å². The van der Waals surface area contributed by atoms with Crippen molar-refractivity contribution in [2.45, 2.75) is 78.6 Å². The highest BCUT2D eigenvalue weighted by Gasteiger charge is 2.24. The molecular formula is C15H30. The highest BCUT2D eigenvalue weighted by molar-refractivity contribution is 4.76. The fourth-order valence-electron chi connectivity index (χ4n) is 3.21. The molecule has 0 aromatic rings. The second-order valence-corrected chi connectivity index (χ2v) is 5.71. The monoisotopic (exact) mass is 210 g/mol. The van der Waals surface area contributed by atoms with E-state index in [-0.39, 0.29) is 0 Å². The van der Waals surface area contributed by atoms with E-state index in [9.17, 15) is 0 Å². The third kappa shape index (κ3) is 4.57. The Morgan fingerprint density at radius 1 is 0.933 bits per heavy atom. The van der Waals surface area contributed by atoms with Gasteiger partial charge in [-0.3, -0.25) is 0 Å². The van der Waals surface area contributed by atoms with Gasteiger partial charge < -0.3 is 0 Å². The summed E-state index contributed by atoms with van der Waals surface area (Å²) in [7, 11) is 0. The van der Waals surface area contributed by atoms with Crippen LogP contribution in [0.1, 0.15) is 78.6 Å². The minimum Gasteiger partial charge on any atom is -0.0654 e. The van der Waals surface area contributed by atoms with Crippen LogP contribution in [-0.4, -0.2) is 0 Å². The first kappa shape index (κ1) is 13.1. The Balaban J connectivity index is 2.33. The Bertz CT molecular complexity index is 142. The third-order valence-electron chi connectivity index (χ3n) is 4.32. The van der Waals surface area contributed by atoms with Gasteiger partial charge in [0.15, 0.2) is 0 Å². The van der Waals surface area contributed by atoms with E-state index in [2.05, 4.69) is 20.8 Å². The predicted octanol–water partition coefficient (Wildman–Crippen LogP) is 5.42. The Labute approximate surface area is 96.8 Å². The van der Waals surface area contributed by atoms with Crippen LogP contribution in [0.4, 0.5) is 0 Å². The number of hydrogen-bond donors (Lipinski definition) is 0. The molecule has 0 heterocycles. The average Bonchev–Trinajstić information content (AvgIpc) is 2.25. The minimum atomic E-state index is 1.01. The summed E-state index contributed by atoms with van der Waals surface area (Å²) in [6, 6.07) is 0. The summed E-state index contributed by atoms with van der Waals surface area (Å²) >= 11 is 0. The van der Waals surface area contributed by atoms with Crippen molar-refractivity contribution in [3.05, 3.63) is 0 Å². The molecule has 0 heteroatoms. The molecule has 1 saturated carbocycles. The Kier molecular flexibility index (Phi) is 6.36. The summed E-state index contributed by atoms with van der Waals surface area (Å²) < 4.78 is 0. The highest BCUT2D eigenvalue weighted by Crippen LogP contribution is 2.37. The smallest absolute Gasteiger partial charge is 0.0386 e. The molecule has 90 valence electrons. The SMILES string of the molecule is CCCCC(CCC)C1CCC(C)CC1. The second-order valence-electron chi connectivity index (χ2n) is 5.71. The maximum Gasteiger partial charge on any atom is -0.0386 e. The van der Waals surface area contributed by atoms with E-state index in [1.165, 1.54) is 57.8 Å². The Hall–Kier alpha value is 0. The van der Waals surface area contributed by atoms with Gasteiger partial charge in [0.1, 0.15) is 0 Å². The van der Waals surface area contributed by atoms with E-state index in [1.807, 2.05) is 0 Å². The molecule has 1 aliphatic carbocycles. The van der Waals surface area contributed by atoms with Crippen molar-refractivity contribution in [1.29, 1.82) is 0 Å². The summed E-state index contributed by atoms with van der Waals surface area (Å²) in [5, 5.41) is 0. The quantitative estimate of drug-likeness (QED) is 0.549. The summed E-state index contributed by atoms with van der Waals surface area (Å²) in [5.41, 5.74) is 0. The molecule has 0 aliphatic heterocycles. The van der Waals surface area contributed by atoms with Crippen LogP contribution < -0.4 is 0 Å². The van der Waals surface area contributed by atoms with E-state index >= 15 is 0 Å². The topological polar surface area (TPSA) is 0 Å². The zero-order valence-electron chi connectivity index (χ0n) is 11.1. The van der Waals surface area contributed by atoms with Gasteiger partial charge >= 0.3 is 0 Å². The first-order valence-corrected chi connectivity index (χ1v) is 7.27. The first-order valence-electron chi connectivity index (χ1n) is 7.27. The Morgan fingerprint density at radius 3 is 2.13 bits per heavy atom. The molecule has 1 atom stereocenters. The lowest BCUT2D eigenvalue weighted by molar-refractivity contribution is 0.190. The van der Waals surface area contributed by atoms with E-state index in [0.717, 1.165) is 17.8 Å². The van der Waals surface area contributed by atoms with Gasteiger partial charge in [0.05, 0.1) is 0 Å². The van der Waals surface area contributed by atoms with Crippen molar-refractivity contribution in [2.75, 3.05) is 0 Å². The lowest BCUT2D eigenvalue weighted by Gasteiger charge is -2.32. The van der Waals surface area contributed by atoms with Crippen LogP contribution in [0.25, 0.3) is 0 Å². The summed E-state index contributed by atoms with van der Waals surface area (Å²) in [6.07, 6.45) is 13.3. The summed E-state index contributed by atoms with van der Waals surface area (Å²) in [5.74, 6) is 3.14. The number of rotatable bonds is 6. The maximum atomic E-state index is 2.43. The van der Waals surface area contributed by atoms with Crippen LogP contribution in [0.3, 0.4) is 0 Å². The average molecular weight is 210 g/mol. The Morgan fingerprint density at radius 2 is 1.60 bits per heavy atom. The lowest BCUT2D eigenvalue weighted by atomic mass is 9.73. The lowest BCUT2D eigenvalue weighted by Crippen LogP contribution is -2.21. The normalized spacial score (nSPS) is 29.0. The predicted molar refractivity (Wildman–Crippen MR) is 69.0 cm³/mol. The van der Waals surface area contributed by atoms with Crippen molar-refractivity contribution in [3.8, 4) is 0 Å². The number of hydrogen-bond acceptors (Lipinski definition) is 0. The minimum absolute atomic E-state index is 1.01. The van der Waals surface area contributed by atoms with Gasteiger partial charge in [0, 0.05) is 0 Å². The fraction of sp³-hybridized carbons (Fsp3) is 1.00. The molecule has 0 amide bonds. The zero-order chi connectivity index (χ0) is 11.1. The molecule has 0 radical (unpaired) electrons. The molecule has 0 N–H and O–H groups in total. The van der Waals surface area contributed by atoms with Crippen molar-refractivity contribution in [1.82, 2.24) is 0 Å². The summed E-state index contributed by atoms with van der Waals surface area (Å²) in [6.45, 7) is 7.10. The van der Waals surface area contributed by atoms with Crippen LogP contribution in [0.2, 0.25) is 0 Å². The molecular weight excluding hydrogens is 180 g/mol. The van der Waals surface area contributed by atoms with Crippen LogP contribution in [0.15, 0.2) is 0 Å². The second kappa shape index (κ2) is 7.30. The molecule has 0 aromatic heterocycles.